The molecule has 0 aliphatic carbocycles. The van der Waals surface area contributed by atoms with E-state index in [1.807, 2.05) is 0 Å². The first-order valence-electron chi connectivity index (χ1n) is 7.46. The molecule has 1 aliphatic rings. The van der Waals surface area contributed by atoms with Crippen LogP contribution in [0.3, 0.4) is 0 Å². The molecule has 24 heavy (non-hydrogen) atoms. The lowest BCUT2D eigenvalue weighted by molar-refractivity contribution is -0.138. The number of hydrogen-bond acceptors (Lipinski definition) is 3. The van der Waals surface area contributed by atoms with Gasteiger partial charge < -0.3 is 9.47 Å². The first-order valence-corrected chi connectivity index (χ1v) is 7.46. The van der Waals surface area contributed by atoms with E-state index in [4.69, 9.17) is 9.47 Å². The number of carbonyl (C=O) groups excluding carboxylic acids is 1. The second-order valence-electron chi connectivity index (χ2n) is 5.44. The quantitative estimate of drug-likeness (QED) is 0.794. The first kappa shape index (κ1) is 16.7. The Morgan fingerprint density at radius 1 is 0.958 bits per heavy atom. The van der Waals surface area contributed by atoms with Crippen molar-refractivity contribution in [2.45, 2.75) is 18.4 Å². The molecule has 2 aromatic rings. The van der Waals surface area contributed by atoms with Gasteiger partial charge in [0, 0.05) is 5.56 Å². The Balaban J connectivity index is 1.92. The summed E-state index contributed by atoms with van der Waals surface area (Å²) < 4.78 is 49.9. The van der Waals surface area contributed by atoms with Crippen LogP contribution in [0.1, 0.15) is 27.6 Å². The number of Topliss-reactive ketones (excluding diaryl/α,β-unsaturated/α-hetero) is 1. The molecular formula is C18H15F3O3. The number of hydrogen-bond donors (Lipinski definition) is 0. The Labute approximate surface area is 137 Å². The van der Waals surface area contributed by atoms with Gasteiger partial charge in [-0.15, -0.1) is 0 Å². The van der Waals surface area contributed by atoms with Crippen molar-refractivity contribution in [2.75, 3.05) is 13.2 Å². The largest absolute Gasteiger partial charge is 0.416 e. The molecule has 0 bridgehead atoms. The van der Waals surface area contributed by atoms with Gasteiger partial charge in [0.15, 0.2) is 11.9 Å². The minimum Gasteiger partial charge on any atom is -0.368 e. The molecule has 0 N–H and O–H groups in total. The third-order valence-electron chi connectivity index (χ3n) is 3.81. The van der Waals surface area contributed by atoms with E-state index in [0.717, 1.165) is 12.1 Å². The predicted octanol–water partition coefficient (Wildman–Crippen LogP) is 4.04. The number of ketones is 1. The molecule has 2 unspecified atom stereocenters. The Hall–Kier alpha value is -2.18. The first-order chi connectivity index (χ1) is 11.5. The lowest BCUT2D eigenvalue weighted by atomic mass is 9.95. The van der Waals surface area contributed by atoms with Crippen LogP contribution in [0.25, 0.3) is 0 Å². The second kappa shape index (κ2) is 6.75. The van der Waals surface area contributed by atoms with Crippen LogP contribution in [0, 0.1) is 0 Å². The molecule has 0 radical (unpaired) electrons. The summed E-state index contributed by atoms with van der Waals surface area (Å²) in [5.74, 6) is -0.308. The minimum atomic E-state index is -4.45. The lowest BCUT2D eigenvalue weighted by Gasteiger charge is -2.31. The highest BCUT2D eigenvalue weighted by Crippen LogP contribution is 2.34. The maximum absolute atomic E-state index is 12.9. The molecule has 1 saturated heterocycles. The maximum atomic E-state index is 12.9. The highest BCUT2D eigenvalue weighted by Gasteiger charge is 2.37. The number of benzene rings is 2. The number of rotatable bonds is 3. The molecule has 3 rings (SSSR count). The van der Waals surface area contributed by atoms with Crippen molar-refractivity contribution >= 4 is 5.78 Å². The zero-order chi connectivity index (χ0) is 17.2. The Kier molecular flexibility index (Phi) is 4.69. The third-order valence-corrected chi connectivity index (χ3v) is 3.81. The molecule has 0 amide bonds. The highest BCUT2D eigenvalue weighted by molar-refractivity contribution is 6.00. The summed E-state index contributed by atoms with van der Waals surface area (Å²) >= 11 is 0. The fourth-order valence-corrected chi connectivity index (χ4v) is 2.67. The van der Waals surface area contributed by atoms with Crippen molar-refractivity contribution in [3.8, 4) is 0 Å². The average molecular weight is 336 g/mol. The molecular weight excluding hydrogens is 321 g/mol. The zero-order valence-corrected chi connectivity index (χ0v) is 12.6. The standard InChI is InChI=1S/C18H15F3O3/c19-18(20,21)14-8-4-7-13(11-14)16-17(24-10-9-23-16)15(22)12-5-2-1-3-6-12/h1-8,11,16-17H,9-10H2. The van der Waals surface area contributed by atoms with E-state index in [-0.39, 0.29) is 24.6 Å². The summed E-state index contributed by atoms with van der Waals surface area (Å²) in [6.45, 7) is 0.443. The lowest BCUT2D eigenvalue weighted by Crippen LogP contribution is -2.38. The monoisotopic (exact) mass is 336 g/mol. The molecule has 3 nitrogen and oxygen atoms in total. The van der Waals surface area contributed by atoms with E-state index in [2.05, 4.69) is 0 Å². The topological polar surface area (TPSA) is 35.5 Å². The van der Waals surface area contributed by atoms with Crippen molar-refractivity contribution in [3.05, 3.63) is 71.3 Å². The van der Waals surface area contributed by atoms with Gasteiger partial charge in [-0.3, -0.25) is 4.79 Å². The molecule has 1 heterocycles. The summed E-state index contributed by atoms with van der Waals surface area (Å²) in [5, 5.41) is 0. The highest BCUT2D eigenvalue weighted by atomic mass is 19.4. The Morgan fingerprint density at radius 3 is 2.38 bits per heavy atom. The van der Waals surface area contributed by atoms with E-state index in [9.17, 15) is 18.0 Å². The molecule has 1 aliphatic heterocycles. The molecule has 2 aromatic carbocycles. The van der Waals surface area contributed by atoms with Crippen molar-refractivity contribution in [1.82, 2.24) is 0 Å². The summed E-state index contributed by atoms with van der Waals surface area (Å²) in [6, 6.07) is 13.3. The normalized spacial score (nSPS) is 21.5. The van der Waals surface area contributed by atoms with Crippen molar-refractivity contribution in [2.24, 2.45) is 0 Å². The molecule has 0 saturated carbocycles. The van der Waals surface area contributed by atoms with E-state index < -0.39 is 23.9 Å². The van der Waals surface area contributed by atoms with Crippen molar-refractivity contribution in [1.29, 1.82) is 0 Å². The SMILES string of the molecule is O=C(c1ccccc1)C1OCCOC1c1cccc(C(F)(F)F)c1. The molecule has 1 fully saturated rings. The van der Waals surface area contributed by atoms with Gasteiger partial charge in [-0.25, -0.2) is 0 Å². The Morgan fingerprint density at radius 2 is 1.67 bits per heavy atom. The van der Waals surface area contributed by atoms with Crippen LogP contribution < -0.4 is 0 Å². The van der Waals surface area contributed by atoms with Gasteiger partial charge in [-0.1, -0.05) is 42.5 Å². The zero-order valence-electron chi connectivity index (χ0n) is 12.6. The smallest absolute Gasteiger partial charge is 0.368 e. The second-order valence-corrected chi connectivity index (χ2v) is 5.44. The van der Waals surface area contributed by atoms with E-state index in [1.54, 1.807) is 30.3 Å². The summed E-state index contributed by atoms with van der Waals surface area (Å²) in [4.78, 5) is 12.6. The molecule has 0 aromatic heterocycles. The number of halogens is 3. The van der Waals surface area contributed by atoms with E-state index in [1.165, 1.54) is 12.1 Å². The average Bonchev–Trinajstić information content (AvgIpc) is 2.61. The van der Waals surface area contributed by atoms with Crippen LogP contribution in [0.4, 0.5) is 13.2 Å². The number of carbonyl (C=O) groups is 1. The van der Waals surface area contributed by atoms with Gasteiger partial charge >= 0.3 is 6.18 Å². The fraction of sp³-hybridized carbons (Fsp3) is 0.278. The summed E-state index contributed by atoms with van der Waals surface area (Å²) in [5.41, 5.74) is -0.0659. The van der Waals surface area contributed by atoms with Crippen LogP contribution >= 0.6 is 0 Å². The van der Waals surface area contributed by atoms with Crippen LogP contribution in [0.2, 0.25) is 0 Å². The molecule has 0 spiro atoms. The van der Waals surface area contributed by atoms with Gasteiger partial charge in [0.25, 0.3) is 0 Å². The molecule has 6 heteroatoms. The van der Waals surface area contributed by atoms with Crippen LogP contribution in [0.5, 0.6) is 0 Å². The van der Waals surface area contributed by atoms with Gasteiger partial charge in [0.1, 0.15) is 6.10 Å². The van der Waals surface area contributed by atoms with Crippen molar-refractivity contribution in [3.63, 3.8) is 0 Å². The van der Waals surface area contributed by atoms with E-state index >= 15 is 0 Å². The Bertz CT molecular complexity index is 713. The van der Waals surface area contributed by atoms with Crippen LogP contribution in [0.15, 0.2) is 54.6 Å². The number of ether oxygens (including phenoxy) is 2. The minimum absolute atomic E-state index is 0.221. The fourth-order valence-electron chi connectivity index (χ4n) is 2.67. The maximum Gasteiger partial charge on any atom is 0.416 e. The predicted molar refractivity (Wildman–Crippen MR) is 80.6 cm³/mol. The number of alkyl halides is 3. The van der Waals surface area contributed by atoms with Gasteiger partial charge in [-0.05, 0) is 17.7 Å². The van der Waals surface area contributed by atoms with Gasteiger partial charge in [-0.2, -0.15) is 13.2 Å². The van der Waals surface area contributed by atoms with Crippen LogP contribution in [-0.2, 0) is 15.7 Å². The molecule has 126 valence electrons. The van der Waals surface area contributed by atoms with Crippen molar-refractivity contribution < 1.29 is 27.4 Å². The summed E-state index contributed by atoms with van der Waals surface area (Å²) in [7, 11) is 0. The van der Waals surface area contributed by atoms with Gasteiger partial charge in [0.05, 0.1) is 18.8 Å². The van der Waals surface area contributed by atoms with Crippen LogP contribution in [-0.4, -0.2) is 25.1 Å². The third kappa shape index (κ3) is 3.49. The molecule has 2 atom stereocenters. The van der Waals surface area contributed by atoms with Gasteiger partial charge in [0.2, 0.25) is 0 Å². The van der Waals surface area contributed by atoms with E-state index in [0.29, 0.717) is 5.56 Å². The summed E-state index contributed by atoms with van der Waals surface area (Å²) in [6.07, 6.45) is -6.29.